The van der Waals surface area contributed by atoms with Gasteiger partial charge in [0.05, 0.1) is 5.92 Å². The lowest BCUT2D eigenvalue weighted by Crippen LogP contribution is -2.57. The highest BCUT2D eigenvalue weighted by Crippen LogP contribution is 2.24. The van der Waals surface area contributed by atoms with Gasteiger partial charge in [-0.05, 0) is 24.8 Å². The lowest BCUT2D eigenvalue weighted by Gasteiger charge is -2.42. The van der Waals surface area contributed by atoms with Gasteiger partial charge in [0, 0.05) is 51.0 Å². The first-order valence-electron chi connectivity index (χ1n) is 8.52. The van der Waals surface area contributed by atoms with Gasteiger partial charge in [0.1, 0.15) is 0 Å². The van der Waals surface area contributed by atoms with E-state index in [2.05, 4.69) is 9.80 Å². The number of piperazine rings is 1. The highest BCUT2D eigenvalue weighted by Gasteiger charge is 2.34. The van der Waals surface area contributed by atoms with E-state index in [0.717, 1.165) is 37.4 Å². The fraction of sp³-hybridized carbons (Fsp3) is 0.444. The summed E-state index contributed by atoms with van der Waals surface area (Å²) in [6, 6.07) is 7.81. The molecule has 7 nitrogen and oxygen atoms in total. The normalized spacial score (nSPS) is 19.1. The van der Waals surface area contributed by atoms with E-state index >= 15 is 0 Å². The second-order valence-electron chi connectivity index (χ2n) is 6.60. The van der Waals surface area contributed by atoms with Crippen LogP contribution in [0.4, 0.5) is 5.69 Å². The smallest absolute Gasteiger partial charge is 0.267 e. The van der Waals surface area contributed by atoms with Gasteiger partial charge in [0.15, 0.2) is 0 Å². The van der Waals surface area contributed by atoms with Gasteiger partial charge >= 0.3 is 0 Å². The van der Waals surface area contributed by atoms with Crippen molar-refractivity contribution in [2.75, 3.05) is 51.2 Å². The van der Waals surface area contributed by atoms with Crippen LogP contribution in [-0.4, -0.2) is 73.1 Å². The molecule has 2 fully saturated rings. The zero-order valence-corrected chi connectivity index (χ0v) is 14.4. The number of benzene rings is 1. The van der Waals surface area contributed by atoms with E-state index in [1.54, 1.807) is 11.6 Å². The van der Waals surface area contributed by atoms with Gasteiger partial charge in [-0.1, -0.05) is 18.2 Å². The number of nitrogens with one attached hydrogen (secondary N) is 1. The summed E-state index contributed by atoms with van der Waals surface area (Å²) in [6.07, 6.45) is 2.98. The minimum Gasteiger partial charge on any atom is -0.367 e. The van der Waals surface area contributed by atoms with Crippen LogP contribution >= 0.6 is 0 Å². The Kier molecular flexibility index (Phi) is 5.35. The minimum absolute atomic E-state index is 0.156. The molecule has 3 rings (SSSR count). The molecule has 0 unspecified atom stereocenters. The van der Waals surface area contributed by atoms with Crippen LogP contribution in [0.5, 0.6) is 0 Å². The summed E-state index contributed by atoms with van der Waals surface area (Å²) in [5.74, 6) is -0.134. The number of anilines is 1. The number of carbonyl (C=O) groups excluding carboxylic acids is 2. The molecule has 0 aromatic heterocycles. The lowest BCUT2D eigenvalue weighted by atomic mass is 9.99. The first kappa shape index (κ1) is 17.4. The number of hydrogen-bond acceptors (Lipinski definition) is 5. The second kappa shape index (κ2) is 7.67. The van der Waals surface area contributed by atoms with Gasteiger partial charge in [0.25, 0.3) is 5.91 Å². The maximum Gasteiger partial charge on any atom is 0.267 e. The highest BCUT2D eigenvalue weighted by molar-refractivity contribution is 5.92. The number of nitrogens with zero attached hydrogens (tertiary/aromatic N) is 3. The maximum atomic E-state index is 12.4. The van der Waals surface area contributed by atoms with Gasteiger partial charge in [-0.25, -0.2) is 5.48 Å². The number of hydrogen-bond donors (Lipinski definition) is 2. The van der Waals surface area contributed by atoms with Crippen molar-refractivity contribution in [3.63, 3.8) is 0 Å². The quantitative estimate of drug-likeness (QED) is 0.470. The van der Waals surface area contributed by atoms with E-state index in [1.165, 1.54) is 6.08 Å². The Balaban J connectivity index is 1.62. The van der Waals surface area contributed by atoms with Crippen LogP contribution in [0.25, 0.3) is 6.08 Å². The molecule has 0 bridgehead atoms. The maximum absolute atomic E-state index is 12.4. The Hall–Kier alpha value is -2.38. The molecule has 1 aromatic carbocycles. The molecular weight excluding hydrogens is 320 g/mol. The molecule has 134 valence electrons. The van der Waals surface area contributed by atoms with Crippen LogP contribution in [0.3, 0.4) is 0 Å². The van der Waals surface area contributed by atoms with Crippen molar-refractivity contribution in [1.29, 1.82) is 0 Å². The monoisotopic (exact) mass is 344 g/mol. The molecule has 2 amide bonds. The summed E-state index contributed by atoms with van der Waals surface area (Å²) in [7, 11) is 2.03. The predicted molar refractivity (Wildman–Crippen MR) is 95.2 cm³/mol. The van der Waals surface area contributed by atoms with Gasteiger partial charge in [-0.3, -0.25) is 14.8 Å². The molecule has 0 atom stereocenters. The molecule has 25 heavy (non-hydrogen) atoms. The van der Waals surface area contributed by atoms with Crippen LogP contribution in [0.1, 0.15) is 5.56 Å². The largest absolute Gasteiger partial charge is 0.367 e. The number of rotatable bonds is 4. The third-order valence-corrected chi connectivity index (χ3v) is 4.81. The molecule has 2 saturated heterocycles. The van der Waals surface area contributed by atoms with Crippen LogP contribution in [0.15, 0.2) is 30.3 Å². The summed E-state index contributed by atoms with van der Waals surface area (Å²) in [5.41, 5.74) is 3.53. The molecule has 7 heteroatoms. The van der Waals surface area contributed by atoms with E-state index in [9.17, 15) is 9.59 Å². The van der Waals surface area contributed by atoms with Gasteiger partial charge in [-0.15, -0.1) is 0 Å². The van der Waals surface area contributed by atoms with E-state index in [0.29, 0.717) is 13.1 Å². The number of amides is 2. The molecule has 2 aliphatic heterocycles. The fourth-order valence-corrected chi connectivity index (χ4v) is 3.40. The number of hydroxylamine groups is 1. The molecule has 2 heterocycles. The van der Waals surface area contributed by atoms with Crippen molar-refractivity contribution in [3.05, 3.63) is 35.9 Å². The molecular formula is C18H24N4O3. The highest BCUT2D eigenvalue weighted by atomic mass is 16.5. The minimum atomic E-state index is -0.560. The van der Waals surface area contributed by atoms with E-state index < -0.39 is 5.91 Å². The average Bonchev–Trinajstić information content (AvgIpc) is 2.63. The summed E-state index contributed by atoms with van der Waals surface area (Å²) >= 11 is 0. The zero-order chi connectivity index (χ0) is 17.8. The zero-order valence-electron chi connectivity index (χ0n) is 14.4. The Bertz CT molecular complexity index is 662. The summed E-state index contributed by atoms with van der Waals surface area (Å²) in [6.45, 7) is 4.69. The summed E-state index contributed by atoms with van der Waals surface area (Å²) < 4.78 is 0. The Labute approximate surface area is 147 Å². The average molecular weight is 344 g/mol. The molecule has 0 saturated carbocycles. The molecule has 2 N–H and O–H groups in total. The van der Waals surface area contributed by atoms with E-state index in [-0.39, 0.29) is 11.8 Å². The van der Waals surface area contributed by atoms with Gasteiger partial charge in [0.2, 0.25) is 5.91 Å². The van der Waals surface area contributed by atoms with Gasteiger partial charge in [-0.2, -0.15) is 0 Å². The van der Waals surface area contributed by atoms with Crippen molar-refractivity contribution in [3.8, 4) is 0 Å². The topological polar surface area (TPSA) is 76.1 Å². The fourth-order valence-electron chi connectivity index (χ4n) is 3.40. The Morgan fingerprint density at radius 1 is 1.16 bits per heavy atom. The van der Waals surface area contributed by atoms with Crippen molar-refractivity contribution in [2.45, 2.75) is 0 Å². The lowest BCUT2D eigenvalue weighted by molar-refractivity contribution is -0.140. The van der Waals surface area contributed by atoms with Gasteiger partial charge < -0.3 is 14.7 Å². The third-order valence-electron chi connectivity index (χ3n) is 4.81. The molecule has 1 aromatic rings. The molecule has 0 radical (unpaired) electrons. The predicted octanol–water partition coefficient (Wildman–Crippen LogP) is 0.415. The Morgan fingerprint density at radius 3 is 2.48 bits per heavy atom. The van der Waals surface area contributed by atoms with Crippen LogP contribution in [0.2, 0.25) is 0 Å². The van der Waals surface area contributed by atoms with Crippen molar-refractivity contribution >= 4 is 23.6 Å². The SMILES string of the molecule is CN1CC(C(=O)N2CCN(c3ccccc3C=CC(=O)NO)CC2)C1. The molecule has 0 aliphatic carbocycles. The first-order chi connectivity index (χ1) is 12.1. The number of likely N-dealkylation sites (tertiary alicyclic amines) is 1. The standard InChI is InChI=1S/C18H24N4O3/c1-20-12-15(13-20)18(24)22-10-8-21(9-11-22)16-5-3-2-4-14(16)6-7-17(23)19-25/h2-7,15,25H,8-13H2,1H3,(H,19,23). The summed E-state index contributed by atoms with van der Waals surface area (Å²) in [4.78, 5) is 30.0. The van der Waals surface area contributed by atoms with Crippen LogP contribution in [0, 0.1) is 5.92 Å². The van der Waals surface area contributed by atoms with E-state index in [1.807, 2.05) is 36.2 Å². The first-order valence-corrected chi connectivity index (χ1v) is 8.52. The van der Waals surface area contributed by atoms with Crippen molar-refractivity contribution in [2.24, 2.45) is 5.92 Å². The second-order valence-corrected chi connectivity index (χ2v) is 6.60. The van der Waals surface area contributed by atoms with Crippen LogP contribution in [-0.2, 0) is 9.59 Å². The van der Waals surface area contributed by atoms with Crippen molar-refractivity contribution in [1.82, 2.24) is 15.3 Å². The Morgan fingerprint density at radius 2 is 1.84 bits per heavy atom. The van der Waals surface area contributed by atoms with Crippen molar-refractivity contribution < 1.29 is 14.8 Å². The van der Waals surface area contributed by atoms with E-state index in [4.69, 9.17) is 5.21 Å². The summed E-state index contributed by atoms with van der Waals surface area (Å²) in [5, 5.41) is 8.60. The number of carbonyl (C=O) groups is 2. The molecule has 0 spiro atoms. The molecule has 2 aliphatic rings. The third kappa shape index (κ3) is 4.00. The van der Waals surface area contributed by atoms with Crippen LogP contribution < -0.4 is 10.4 Å². The number of para-hydroxylation sites is 1.